The highest BCUT2D eigenvalue weighted by Crippen LogP contribution is 2.21. The number of rotatable bonds is 4. The Morgan fingerprint density at radius 3 is 1.83 bits per heavy atom. The summed E-state index contributed by atoms with van der Waals surface area (Å²) in [5, 5.41) is 0. The summed E-state index contributed by atoms with van der Waals surface area (Å²) in [6, 6.07) is 0. The lowest BCUT2D eigenvalue weighted by Gasteiger charge is -2.16. The zero-order valence-corrected chi connectivity index (χ0v) is 9.09. The Kier molecular flexibility index (Phi) is 5.04. The van der Waals surface area contributed by atoms with Gasteiger partial charge in [0.2, 0.25) is 0 Å². The van der Waals surface area contributed by atoms with Crippen LogP contribution in [0.4, 0.5) is 0 Å². The summed E-state index contributed by atoms with van der Waals surface area (Å²) in [5.41, 5.74) is 1.14. The second-order valence-corrected chi connectivity index (χ2v) is 4.27. The fourth-order valence-electron chi connectivity index (χ4n) is 1.49. The summed E-state index contributed by atoms with van der Waals surface area (Å²) in [6.07, 6.45) is 2.13. The quantitative estimate of drug-likeness (QED) is 0.435. The van der Waals surface area contributed by atoms with Crippen LogP contribution in [0.3, 0.4) is 0 Å². The van der Waals surface area contributed by atoms with Crippen molar-refractivity contribution in [2.75, 3.05) is 0 Å². The van der Waals surface area contributed by atoms with Gasteiger partial charge in [0.15, 0.2) is 6.71 Å². The van der Waals surface area contributed by atoms with Gasteiger partial charge in [-0.25, -0.2) is 0 Å². The Morgan fingerprint density at radius 1 is 1.17 bits per heavy atom. The summed E-state index contributed by atoms with van der Waals surface area (Å²) < 4.78 is 0. The molecule has 0 spiro atoms. The molecule has 0 amide bonds. The van der Waals surface area contributed by atoms with Gasteiger partial charge in [0.1, 0.15) is 0 Å². The normalized spacial score (nSPS) is 11.6. The van der Waals surface area contributed by atoms with Gasteiger partial charge >= 0.3 is 0 Å². The molecule has 0 saturated carbocycles. The molecule has 0 saturated heterocycles. The predicted molar refractivity (Wildman–Crippen MR) is 59.9 cm³/mol. The Morgan fingerprint density at radius 2 is 1.58 bits per heavy atom. The third-order valence-electron chi connectivity index (χ3n) is 2.14. The third-order valence-corrected chi connectivity index (χ3v) is 2.14. The minimum Gasteiger partial charge on any atom is -0.114 e. The molecule has 0 fully saturated rings. The van der Waals surface area contributed by atoms with E-state index in [1.807, 2.05) is 6.92 Å². The van der Waals surface area contributed by atoms with E-state index in [9.17, 15) is 0 Å². The van der Waals surface area contributed by atoms with Crippen LogP contribution in [-0.2, 0) is 0 Å². The van der Waals surface area contributed by atoms with E-state index in [2.05, 4.69) is 46.3 Å². The van der Waals surface area contributed by atoms with Gasteiger partial charge in [0, 0.05) is 0 Å². The zero-order chi connectivity index (χ0) is 9.72. The predicted octanol–water partition coefficient (Wildman–Crippen LogP) is 3.97. The Hall–Kier alpha value is -0.455. The molecule has 0 aromatic rings. The van der Waals surface area contributed by atoms with Gasteiger partial charge in [0.25, 0.3) is 0 Å². The monoisotopic (exact) mass is 164 g/mol. The minimum absolute atomic E-state index is 0.682. The van der Waals surface area contributed by atoms with Gasteiger partial charge in [0.05, 0.1) is 0 Å². The molecule has 0 unspecified atom stereocenters. The number of allylic oxidation sites excluding steroid dienone is 2. The van der Waals surface area contributed by atoms with Gasteiger partial charge in [-0.15, -0.1) is 5.98 Å². The maximum Gasteiger partial charge on any atom is 0.171 e. The molecule has 0 aliphatic rings. The summed E-state index contributed by atoms with van der Waals surface area (Å²) in [7, 11) is 0. The van der Waals surface area contributed by atoms with Crippen molar-refractivity contribution in [1.29, 1.82) is 0 Å². The van der Waals surface area contributed by atoms with Crippen LogP contribution >= 0.6 is 0 Å². The minimum atomic E-state index is 0.682. The van der Waals surface area contributed by atoms with E-state index in [1.54, 1.807) is 0 Å². The molecule has 0 aromatic heterocycles. The maximum atomic E-state index is 3.86. The van der Waals surface area contributed by atoms with Gasteiger partial charge in [-0.05, 0) is 6.92 Å². The van der Waals surface area contributed by atoms with E-state index in [0.29, 0.717) is 6.71 Å². The lowest BCUT2D eigenvalue weighted by molar-refractivity contribution is 0.950. The lowest BCUT2D eigenvalue weighted by atomic mass is 9.35. The molecule has 0 aliphatic carbocycles. The van der Waals surface area contributed by atoms with E-state index < -0.39 is 0 Å². The average molecular weight is 164 g/mol. The molecule has 1 heteroatoms. The summed E-state index contributed by atoms with van der Waals surface area (Å²) in [6.45, 7) is 15.7. The van der Waals surface area contributed by atoms with Crippen molar-refractivity contribution in [3.8, 4) is 0 Å². The van der Waals surface area contributed by atoms with Crippen molar-refractivity contribution < 1.29 is 0 Å². The summed E-state index contributed by atoms with van der Waals surface area (Å²) in [4.78, 5) is 0. The van der Waals surface area contributed by atoms with E-state index in [0.717, 1.165) is 17.2 Å². The molecule has 12 heavy (non-hydrogen) atoms. The van der Waals surface area contributed by atoms with Crippen LogP contribution in [0.15, 0.2) is 24.2 Å². The maximum absolute atomic E-state index is 3.86. The highest BCUT2D eigenvalue weighted by molar-refractivity contribution is 6.67. The molecule has 0 aliphatic heterocycles. The molecule has 0 bridgehead atoms. The fourth-order valence-corrected chi connectivity index (χ4v) is 1.49. The molecule has 0 radical (unpaired) electrons. The van der Waals surface area contributed by atoms with Crippen molar-refractivity contribution >= 4 is 6.71 Å². The number of hydrogen-bond donors (Lipinski definition) is 0. The Bertz CT molecular complexity index is 158. The molecule has 68 valence electrons. The lowest BCUT2D eigenvalue weighted by Crippen LogP contribution is -2.18. The molecule has 0 heterocycles. The Labute approximate surface area is 77.8 Å². The molecular formula is C11H21B. The first kappa shape index (κ1) is 11.5. The highest BCUT2D eigenvalue weighted by Gasteiger charge is 2.17. The third kappa shape index (κ3) is 4.43. The summed E-state index contributed by atoms with van der Waals surface area (Å²) in [5.74, 6) is 3.73. The first-order valence-corrected chi connectivity index (χ1v) is 4.78. The van der Waals surface area contributed by atoms with Crippen LogP contribution in [0.5, 0.6) is 0 Å². The van der Waals surface area contributed by atoms with Gasteiger partial charge < -0.3 is 0 Å². The topological polar surface area (TPSA) is 0 Å². The smallest absolute Gasteiger partial charge is 0.114 e. The fraction of sp³-hybridized carbons (Fsp3) is 0.636. The Balaban J connectivity index is 4.23. The van der Waals surface area contributed by atoms with E-state index >= 15 is 0 Å². The van der Waals surface area contributed by atoms with Crippen LogP contribution < -0.4 is 0 Å². The molecular weight excluding hydrogens is 143 g/mol. The van der Waals surface area contributed by atoms with Crippen molar-refractivity contribution in [1.82, 2.24) is 0 Å². The van der Waals surface area contributed by atoms with Crippen LogP contribution in [0.25, 0.3) is 0 Å². The van der Waals surface area contributed by atoms with Crippen molar-refractivity contribution in [2.45, 2.75) is 46.3 Å². The largest absolute Gasteiger partial charge is 0.171 e. The van der Waals surface area contributed by atoms with Crippen molar-refractivity contribution in [3.05, 3.63) is 24.2 Å². The second kappa shape index (κ2) is 5.24. The van der Waals surface area contributed by atoms with E-state index in [-0.39, 0.29) is 0 Å². The SMILES string of the molecule is C=C(C)C=CB(C(C)C)C(C)C. The van der Waals surface area contributed by atoms with Gasteiger partial charge in [-0.3, -0.25) is 0 Å². The van der Waals surface area contributed by atoms with Gasteiger partial charge in [-0.1, -0.05) is 57.6 Å². The molecule has 0 aromatic carbocycles. The van der Waals surface area contributed by atoms with Crippen molar-refractivity contribution in [3.63, 3.8) is 0 Å². The van der Waals surface area contributed by atoms with Crippen LogP contribution in [0.1, 0.15) is 34.6 Å². The van der Waals surface area contributed by atoms with Crippen LogP contribution in [0, 0.1) is 0 Å². The molecule has 0 rings (SSSR count). The van der Waals surface area contributed by atoms with Crippen LogP contribution in [-0.4, -0.2) is 6.71 Å². The standard InChI is InChI=1S/C11H21B/c1-9(2)7-8-12(10(3)4)11(5)6/h7-8,10-11H,1H2,2-6H3. The molecule has 0 N–H and O–H groups in total. The number of hydrogen-bond acceptors (Lipinski definition) is 0. The van der Waals surface area contributed by atoms with Crippen LogP contribution in [0.2, 0.25) is 11.6 Å². The molecule has 0 nitrogen and oxygen atoms in total. The first-order chi connectivity index (χ1) is 5.45. The average Bonchev–Trinajstić information content (AvgIpc) is 1.84. The zero-order valence-electron chi connectivity index (χ0n) is 9.09. The van der Waals surface area contributed by atoms with Gasteiger partial charge in [-0.2, -0.15) is 0 Å². The van der Waals surface area contributed by atoms with Crippen molar-refractivity contribution in [2.24, 2.45) is 0 Å². The summed E-state index contributed by atoms with van der Waals surface area (Å²) >= 11 is 0. The highest BCUT2D eigenvalue weighted by atomic mass is 13.9. The van der Waals surface area contributed by atoms with E-state index in [1.165, 1.54) is 0 Å². The molecule has 0 atom stereocenters. The first-order valence-electron chi connectivity index (χ1n) is 4.78. The van der Waals surface area contributed by atoms with E-state index in [4.69, 9.17) is 0 Å². The second-order valence-electron chi connectivity index (χ2n) is 4.27.